The Kier molecular flexibility index (Phi) is 6.24. The first-order valence-corrected chi connectivity index (χ1v) is 8.54. The van der Waals surface area contributed by atoms with Crippen LogP contribution in [0.1, 0.15) is 15.9 Å². The van der Waals surface area contributed by atoms with E-state index in [2.05, 4.69) is 5.32 Å². The van der Waals surface area contributed by atoms with Crippen LogP contribution in [0.2, 0.25) is 0 Å². The first-order valence-electron chi connectivity index (χ1n) is 7.31. The third kappa shape index (κ3) is 4.42. The second-order valence-electron chi connectivity index (χ2n) is 5.00. The fourth-order valence-corrected chi connectivity index (χ4v) is 2.69. The molecule has 0 unspecified atom stereocenters. The summed E-state index contributed by atoms with van der Waals surface area (Å²) in [5, 5.41) is 13.9. The molecule has 0 atom stereocenters. The van der Waals surface area contributed by atoms with E-state index in [9.17, 15) is 14.9 Å². The van der Waals surface area contributed by atoms with Crippen molar-refractivity contribution in [2.24, 2.45) is 0 Å². The van der Waals surface area contributed by atoms with Crippen LogP contribution >= 0.6 is 11.8 Å². The van der Waals surface area contributed by atoms with Gasteiger partial charge in [0.1, 0.15) is 17.1 Å². The van der Waals surface area contributed by atoms with Crippen LogP contribution in [0.4, 0.5) is 5.69 Å². The van der Waals surface area contributed by atoms with E-state index in [0.717, 1.165) is 10.5 Å². The predicted octanol–water partition coefficient (Wildman–Crippen LogP) is 3.26. The molecule has 0 aromatic heterocycles. The smallest absolute Gasteiger partial charge is 0.282 e. The number of nitro groups is 1. The van der Waals surface area contributed by atoms with Crippen molar-refractivity contribution in [2.45, 2.75) is 11.4 Å². The third-order valence-electron chi connectivity index (χ3n) is 3.58. The summed E-state index contributed by atoms with van der Waals surface area (Å²) in [5.41, 5.74) is 0.543. The van der Waals surface area contributed by atoms with Crippen LogP contribution in [0, 0.1) is 10.1 Å². The number of methoxy groups -OCH3 is 2. The summed E-state index contributed by atoms with van der Waals surface area (Å²) < 4.78 is 10.4. The fourth-order valence-electron chi connectivity index (χ4n) is 2.25. The molecule has 2 aromatic rings. The average Bonchev–Trinajstić information content (AvgIpc) is 2.65. The lowest BCUT2D eigenvalue weighted by molar-refractivity contribution is -0.385. The molecule has 2 aromatic carbocycles. The lowest BCUT2D eigenvalue weighted by atomic mass is 10.1. The van der Waals surface area contributed by atoms with Crippen LogP contribution in [0.5, 0.6) is 11.5 Å². The van der Waals surface area contributed by atoms with Gasteiger partial charge < -0.3 is 14.8 Å². The van der Waals surface area contributed by atoms with E-state index in [1.807, 2.05) is 6.26 Å². The zero-order chi connectivity index (χ0) is 18.4. The van der Waals surface area contributed by atoms with E-state index in [1.54, 1.807) is 31.4 Å². The lowest BCUT2D eigenvalue weighted by Gasteiger charge is -2.12. The van der Waals surface area contributed by atoms with Crippen LogP contribution in [-0.4, -0.2) is 31.3 Å². The Bertz CT molecular complexity index is 795. The molecule has 0 saturated carbocycles. The molecule has 132 valence electrons. The van der Waals surface area contributed by atoms with Gasteiger partial charge in [-0.1, -0.05) is 0 Å². The summed E-state index contributed by atoms with van der Waals surface area (Å²) in [7, 11) is 3.07. The molecule has 0 heterocycles. The molecule has 0 radical (unpaired) electrons. The minimum Gasteiger partial charge on any atom is -0.497 e. The van der Waals surface area contributed by atoms with E-state index in [-0.39, 0.29) is 17.8 Å². The molecule has 0 saturated heterocycles. The Labute approximate surface area is 149 Å². The number of nitrogens with one attached hydrogen (secondary N) is 1. The number of hydrogen-bond acceptors (Lipinski definition) is 6. The third-order valence-corrected chi connectivity index (χ3v) is 4.30. The standard InChI is InChI=1S/C17H18N2O5S/c1-23-12-5-4-11(16(8-12)24-2)10-18-17(20)14-9-13(25-3)6-7-15(14)19(21)22/h4-9H,10H2,1-3H3,(H,18,20). The summed E-state index contributed by atoms with van der Waals surface area (Å²) in [4.78, 5) is 23.8. The molecule has 8 heteroatoms. The van der Waals surface area contributed by atoms with Crippen LogP contribution < -0.4 is 14.8 Å². The largest absolute Gasteiger partial charge is 0.497 e. The molecule has 2 rings (SSSR count). The second kappa shape index (κ2) is 8.39. The van der Waals surface area contributed by atoms with Gasteiger partial charge in [0, 0.05) is 29.1 Å². The van der Waals surface area contributed by atoms with Gasteiger partial charge in [0.25, 0.3) is 11.6 Å². The van der Waals surface area contributed by atoms with E-state index < -0.39 is 10.8 Å². The van der Waals surface area contributed by atoms with Crippen molar-refractivity contribution in [3.8, 4) is 11.5 Å². The topological polar surface area (TPSA) is 90.7 Å². The van der Waals surface area contributed by atoms with Crippen LogP contribution in [0.3, 0.4) is 0 Å². The highest BCUT2D eigenvalue weighted by Gasteiger charge is 2.20. The average molecular weight is 362 g/mol. The van der Waals surface area contributed by atoms with E-state index in [4.69, 9.17) is 9.47 Å². The van der Waals surface area contributed by atoms with Crippen molar-refractivity contribution in [2.75, 3.05) is 20.5 Å². The lowest BCUT2D eigenvalue weighted by Crippen LogP contribution is -2.24. The number of benzene rings is 2. The highest BCUT2D eigenvalue weighted by atomic mass is 32.2. The molecule has 25 heavy (non-hydrogen) atoms. The molecule has 0 aliphatic heterocycles. The van der Waals surface area contributed by atoms with Crippen molar-refractivity contribution < 1.29 is 19.2 Å². The maximum atomic E-state index is 12.4. The molecule has 0 spiro atoms. The molecule has 7 nitrogen and oxygen atoms in total. The van der Waals surface area contributed by atoms with Gasteiger partial charge in [-0.2, -0.15) is 0 Å². The Hall–Kier alpha value is -2.74. The number of carbonyl (C=O) groups is 1. The van der Waals surface area contributed by atoms with Crippen molar-refractivity contribution >= 4 is 23.4 Å². The molecule has 0 aliphatic rings. The molecule has 1 N–H and O–H groups in total. The van der Waals surface area contributed by atoms with Crippen LogP contribution in [0.15, 0.2) is 41.3 Å². The zero-order valence-electron chi connectivity index (χ0n) is 14.1. The van der Waals surface area contributed by atoms with Gasteiger partial charge in [0.05, 0.1) is 19.1 Å². The number of carbonyl (C=O) groups excluding carboxylic acids is 1. The van der Waals surface area contributed by atoms with Gasteiger partial charge in [-0.25, -0.2) is 0 Å². The zero-order valence-corrected chi connectivity index (χ0v) is 14.9. The van der Waals surface area contributed by atoms with Crippen LogP contribution in [-0.2, 0) is 6.54 Å². The Morgan fingerprint density at radius 3 is 2.56 bits per heavy atom. The number of rotatable bonds is 7. The minimum atomic E-state index is -0.563. The summed E-state index contributed by atoms with van der Waals surface area (Å²) >= 11 is 1.41. The van der Waals surface area contributed by atoms with Crippen molar-refractivity contribution in [3.63, 3.8) is 0 Å². The van der Waals surface area contributed by atoms with Gasteiger partial charge >= 0.3 is 0 Å². The van der Waals surface area contributed by atoms with Gasteiger partial charge in [-0.05, 0) is 30.5 Å². The number of ether oxygens (including phenoxy) is 2. The van der Waals surface area contributed by atoms with E-state index >= 15 is 0 Å². The van der Waals surface area contributed by atoms with E-state index in [0.29, 0.717) is 11.5 Å². The molecule has 0 bridgehead atoms. The predicted molar refractivity (Wildman–Crippen MR) is 95.6 cm³/mol. The summed E-state index contributed by atoms with van der Waals surface area (Å²) in [6, 6.07) is 9.70. The van der Waals surface area contributed by atoms with E-state index in [1.165, 1.54) is 31.0 Å². The molecular formula is C17H18N2O5S. The molecule has 0 fully saturated rings. The Morgan fingerprint density at radius 1 is 1.20 bits per heavy atom. The first-order chi connectivity index (χ1) is 12.0. The normalized spacial score (nSPS) is 10.2. The number of amides is 1. The Morgan fingerprint density at radius 2 is 1.96 bits per heavy atom. The van der Waals surface area contributed by atoms with Gasteiger partial charge in [0.15, 0.2) is 0 Å². The van der Waals surface area contributed by atoms with Crippen molar-refractivity contribution in [3.05, 3.63) is 57.6 Å². The monoisotopic (exact) mass is 362 g/mol. The Balaban J connectivity index is 2.22. The molecular weight excluding hydrogens is 344 g/mol. The number of hydrogen-bond donors (Lipinski definition) is 1. The summed E-state index contributed by atoms with van der Waals surface area (Å²) in [6.07, 6.45) is 1.84. The van der Waals surface area contributed by atoms with Gasteiger partial charge in [0.2, 0.25) is 0 Å². The molecule has 0 aliphatic carbocycles. The molecule has 1 amide bonds. The maximum absolute atomic E-state index is 12.4. The van der Waals surface area contributed by atoms with Gasteiger partial charge in [-0.15, -0.1) is 11.8 Å². The van der Waals surface area contributed by atoms with Gasteiger partial charge in [-0.3, -0.25) is 14.9 Å². The minimum absolute atomic E-state index is 0.0318. The summed E-state index contributed by atoms with van der Waals surface area (Å²) in [5.74, 6) is 0.683. The highest BCUT2D eigenvalue weighted by Crippen LogP contribution is 2.26. The van der Waals surface area contributed by atoms with Crippen molar-refractivity contribution in [1.29, 1.82) is 0 Å². The second-order valence-corrected chi connectivity index (χ2v) is 5.88. The SMILES string of the molecule is COc1ccc(CNC(=O)c2cc(SC)ccc2[N+](=O)[O-])c(OC)c1. The quantitative estimate of drug-likeness (QED) is 0.462. The highest BCUT2D eigenvalue weighted by molar-refractivity contribution is 7.98. The maximum Gasteiger partial charge on any atom is 0.282 e. The van der Waals surface area contributed by atoms with Crippen LogP contribution in [0.25, 0.3) is 0 Å². The fraction of sp³-hybridized carbons (Fsp3) is 0.235. The van der Waals surface area contributed by atoms with Crippen molar-refractivity contribution in [1.82, 2.24) is 5.32 Å². The number of thioether (sulfide) groups is 1. The summed E-state index contributed by atoms with van der Waals surface area (Å²) in [6.45, 7) is 0.173. The number of nitro benzene ring substituents is 1. The number of nitrogens with zero attached hydrogens (tertiary/aromatic N) is 1. The first kappa shape index (κ1) is 18.6.